The highest BCUT2D eigenvalue weighted by atomic mass is 127. The number of nitrogens with one attached hydrogen (secondary N) is 3. The molecule has 3 N–H and O–H groups in total. The first-order chi connectivity index (χ1) is 12.1. The molecule has 0 aliphatic carbocycles. The minimum Gasteiger partial charge on any atom is -0.357 e. The van der Waals surface area contributed by atoms with Gasteiger partial charge in [-0.1, -0.05) is 12.1 Å². The van der Waals surface area contributed by atoms with E-state index < -0.39 is 0 Å². The van der Waals surface area contributed by atoms with Crippen molar-refractivity contribution in [1.82, 2.24) is 15.6 Å². The summed E-state index contributed by atoms with van der Waals surface area (Å²) in [5, 5.41) is 10.5. The Bertz CT molecular complexity index is 732. The van der Waals surface area contributed by atoms with Gasteiger partial charge in [-0.25, -0.2) is 9.98 Å². The summed E-state index contributed by atoms with van der Waals surface area (Å²) in [4.78, 5) is 21.4. The van der Waals surface area contributed by atoms with Gasteiger partial charge in [0.1, 0.15) is 0 Å². The molecule has 0 atom stereocenters. The van der Waals surface area contributed by atoms with E-state index in [1.807, 2.05) is 37.4 Å². The Morgan fingerprint density at radius 1 is 1.31 bits per heavy atom. The number of benzene rings is 1. The average molecular weight is 487 g/mol. The molecule has 8 heteroatoms. The van der Waals surface area contributed by atoms with Gasteiger partial charge in [0.05, 0.1) is 11.6 Å². The number of carbonyl (C=O) groups excluding carboxylic acids is 1. The molecule has 0 unspecified atom stereocenters. The Morgan fingerprint density at radius 2 is 2.12 bits per heavy atom. The first kappa shape index (κ1) is 22.4. The summed E-state index contributed by atoms with van der Waals surface area (Å²) in [5.74, 6) is 0.703. The van der Waals surface area contributed by atoms with Crippen LogP contribution in [0.25, 0.3) is 0 Å². The van der Waals surface area contributed by atoms with Crippen molar-refractivity contribution in [3.63, 3.8) is 0 Å². The molecule has 0 bridgehead atoms. The minimum atomic E-state index is -0.0759. The minimum absolute atomic E-state index is 0. The number of aromatic nitrogens is 1. The van der Waals surface area contributed by atoms with Gasteiger partial charge in [-0.15, -0.1) is 35.3 Å². The Labute approximate surface area is 175 Å². The van der Waals surface area contributed by atoms with Crippen LogP contribution >= 0.6 is 35.3 Å². The van der Waals surface area contributed by atoms with E-state index in [0.717, 1.165) is 41.7 Å². The van der Waals surface area contributed by atoms with Gasteiger partial charge in [0.25, 0.3) is 0 Å². The van der Waals surface area contributed by atoms with Crippen molar-refractivity contribution in [3.05, 3.63) is 45.9 Å². The maximum Gasteiger partial charge on any atom is 0.221 e. The van der Waals surface area contributed by atoms with Crippen molar-refractivity contribution in [2.75, 3.05) is 18.4 Å². The zero-order valence-corrected chi connectivity index (χ0v) is 18.5. The molecule has 142 valence electrons. The van der Waals surface area contributed by atoms with Gasteiger partial charge < -0.3 is 16.0 Å². The summed E-state index contributed by atoms with van der Waals surface area (Å²) in [6.07, 6.45) is 2.78. The number of hydrogen-bond donors (Lipinski definition) is 3. The number of rotatable bonds is 7. The molecular formula is C18H26IN5OS. The normalized spacial score (nSPS) is 10.8. The predicted octanol–water partition coefficient (Wildman–Crippen LogP) is 3.33. The zero-order valence-electron chi connectivity index (χ0n) is 15.3. The number of aliphatic imine (C=N–C) groups is 1. The monoisotopic (exact) mass is 487 g/mol. The molecule has 0 fully saturated rings. The van der Waals surface area contributed by atoms with Crippen molar-refractivity contribution in [3.8, 4) is 0 Å². The maximum atomic E-state index is 11.1. The summed E-state index contributed by atoms with van der Waals surface area (Å²) >= 11 is 1.72. The first-order valence-electron chi connectivity index (χ1n) is 8.37. The van der Waals surface area contributed by atoms with Crippen LogP contribution in [0.3, 0.4) is 0 Å². The van der Waals surface area contributed by atoms with Gasteiger partial charge in [-0.3, -0.25) is 4.79 Å². The van der Waals surface area contributed by atoms with Crippen LogP contribution in [0, 0.1) is 6.92 Å². The van der Waals surface area contributed by atoms with Crippen molar-refractivity contribution in [2.24, 2.45) is 4.99 Å². The highest BCUT2D eigenvalue weighted by Gasteiger charge is 2.02. The average Bonchev–Trinajstić information content (AvgIpc) is 2.98. The zero-order chi connectivity index (χ0) is 18.1. The topological polar surface area (TPSA) is 78.4 Å². The van der Waals surface area contributed by atoms with E-state index in [1.54, 1.807) is 11.3 Å². The van der Waals surface area contributed by atoms with Crippen LogP contribution in [-0.4, -0.2) is 29.9 Å². The van der Waals surface area contributed by atoms with Gasteiger partial charge in [-0.2, -0.15) is 0 Å². The maximum absolute atomic E-state index is 11.1. The van der Waals surface area contributed by atoms with Crippen LogP contribution in [0.4, 0.5) is 5.69 Å². The van der Waals surface area contributed by atoms with Gasteiger partial charge >= 0.3 is 0 Å². The van der Waals surface area contributed by atoms with Gasteiger partial charge in [-0.05, 0) is 31.5 Å². The second-order valence-electron chi connectivity index (χ2n) is 5.62. The molecule has 0 saturated heterocycles. The molecule has 0 radical (unpaired) electrons. The second-order valence-corrected chi connectivity index (χ2v) is 6.94. The summed E-state index contributed by atoms with van der Waals surface area (Å²) in [6, 6.07) is 7.72. The van der Waals surface area contributed by atoms with Crippen LogP contribution in [0.1, 0.15) is 29.3 Å². The molecule has 1 aromatic heterocycles. The highest BCUT2D eigenvalue weighted by molar-refractivity contribution is 14.0. The molecule has 26 heavy (non-hydrogen) atoms. The molecule has 2 aromatic rings. The number of hydrogen-bond acceptors (Lipinski definition) is 4. The molecule has 1 aromatic carbocycles. The highest BCUT2D eigenvalue weighted by Crippen LogP contribution is 2.12. The van der Waals surface area contributed by atoms with E-state index in [4.69, 9.17) is 0 Å². The van der Waals surface area contributed by atoms with E-state index in [0.29, 0.717) is 6.54 Å². The quantitative estimate of drug-likeness (QED) is 0.318. The van der Waals surface area contributed by atoms with Gasteiger partial charge in [0, 0.05) is 43.2 Å². The standard InChI is InChI=1S/C18H25N5OS.HI/c1-4-19-18(20-9-8-17-21-11-13(2)25-17)22-12-15-6-5-7-16(10-15)23-14(3)24;/h5-7,10-11H,4,8-9,12H2,1-3H3,(H,23,24)(H2,19,20,22);1H. The fourth-order valence-corrected chi connectivity index (χ4v) is 3.05. The van der Waals surface area contributed by atoms with Crippen LogP contribution < -0.4 is 16.0 Å². The molecule has 0 aliphatic heterocycles. The molecule has 2 rings (SSSR count). The van der Waals surface area contributed by atoms with Crippen LogP contribution in [0.2, 0.25) is 0 Å². The summed E-state index contributed by atoms with van der Waals surface area (Å²) in [6.45, 7) is 7.73. The SMILES string of the molecule is CCNC(=NCc1cccc(NC(C)=O)c1)NCCc1ncc(C)s1.I. The Hall–Kier alpha value is -1.68. The third kappa shape index (κ3) is 8.13. The number of nitrogens with zero attached hydrogens (tertiary/aromatic N) is 2. The molecule has 0 spiro atoms. The Morgan fingerprint density at radius 3 is 2.77 bits per heavy atom. The summed E-state index contributed by atoms with van der Waals surface area (Å²) in [7, 11) is 0. The predicted molar refractivity (Wildman–Crippen MR) is 120 cm³/mol. The van der Waals surface area contributed by atoms with Crippen molar-refractivity contribution < 1.29 is 4.79 Å². The van der Waals surface area contributed by atoms with E-state index in [2.05, 4.69) is 32.9 Å². The number of halogens is 1. The smallest absolute Gasteiger partial charge is 0.221 e. The lowest BCUT2D eigenvalue weighted by Gasteiger charge is -2.11. The summed E-state index contributed by atoms with van der Waals surface area (Å²) in [5.41, 5.74) is 1.83. The lowest BCUT2D eigenvalue weighted by molar-refractivity contribution is -0.114. The molecule has 1 heterocycles. The first-order valence-corrected chi connectivity index (χ1v) is 9.18. The van der Waals surface area contributed by atoms with Gasteiger partial charge in [0.15, 0.2) is 5.96 Å². The molecule has 0 saturated carbocycles. The van der Waals surface area contributed by atoms with E-state index in [9.17, 15) is 4.79 Å². The fraction of sp³-hybridized carbons (Fsp3) is 0.389. The fourth-order valence-electron chi connectivity index (χ4n) is 2.27. The number of carbonyl (C=O) groups is 1. The Kier molecular flexibility index (Phi) is 10.2. The number of amides is 1. The lowest BCUT2D eigenvalue weighted by atomic mass is 10.2. The van der Waals surface area contributed by atoms with Crippen LogP contribution in [-0.2, 0) is 17.8 Å². The van der Waals surface area contributed by atoms with E-state index in [-0.39, 0.29) is 29.9 Å². The van der Waals surface area contributed by atoms with Crippen LogP contribution in [0.5, 0.6) is 0 Å². The molecule has 0 aliphatic rings. The lowest BCUT2D eigenvalue weighted by Crippen LogP contribution is -2.38. The largest absolute Gasteiger partial charge is 0.357 e. The third-order valence-corrected chi connectivity index (χ3v) is 4.28. The molecular weight excluding hydrogens is 461 g/mol. The van der Waals surface area contributed by atoms with Gasteiger partial charge in [0.2, 0.25) is 5.91 Å². The van der Waals surface area contributed by atoms with Crippen molar-refractivity contribution in [1.29, 1.82) is 0 Å². The van der Waals surface area contributed by atoms with Crippen LogP contribution in [0.15, 0.2) is 35.5 Å². The molecule has 6 nitrogen and oxygen atoms in total. The van der Waals surface area contributed by atoms with E-state index >= 15 is 0 Å². The Balaban J connectivity index is 0.00000338. The van der Waals surface area contributed by atoms with E-state index in [1.165, 1.54) is 11.8 Å². The number of aryl methyl sites for hydroxylation is 1. The number of anilines is 1. The third-order valence-electron chi connectivity index (χ3n) is 3.31. The van der Waals surface area contributed by atoms with Crippen molar-refractivity contribution in [2.45, 2.75) is 33.7 Å². The summed E-state index contributed by atoms with van der Waals surface area (Å²) < 4.78 is 0. The number of thiazole rings is 1. The number of guanidine groups is 1. The molecule has 1 amide bonds. The second kappa shape index (κ2) is 11.8. The van der Waals surface area contributed by atoms with Crippen molar-refractivity contribution >= 4 is 52.9 Å².